The fraction of sp³-hybridized carbons (Fsp3) is 0.459. The van der Waals surface area contributed by atoms with Crippen molar-refractivity contribution in [3.05, 3.63) is 95.8 Å². The first-order valence-corrected chi connectivity index (χ1v) is 16.5. The molecule has 234 valence electrons. The first-order valence-electron chi connectivity index (χ1n) is 16.5. The van der Waals surface area contributed by atoms with Gasteiger partial charge in [0.25, 0.3) is 0 Å². The number of ether oxygens (including phenoxy) is 2. The van der Waals surface area contributed by atoms with E-state index in [0.29, 0.717) is 6.54 Å². The molecule has 4 aromatic rings. The highest BCUT2D eigenvalue weighted by Gasteiger charge is 2.51. The summed E-state index contributed by atoms with van der Waals surface area (Å²) in [5.74, 6) is 2.34. The van der Waals surface area contributed by atoms with Gasteiger partial charge in [-0.05, 0) is 91.7 Å². The minimum absolute atomic E-state index is 0.000342. The Balaban J connectivity index is 1.03. The highest BCUT2D eigenvalue weighted by atomic mass is 16.7. The Hall–Kier alpha value is -3.72. The molecule has 4 atom stereocenters. The molecule has 4 saturated carbocycles. The Morgan fingerprint density at radius 1 is 0.933 bits per heavy atom. The van der Waals surface area contributed by atoms with E-state index in [0.717, 1.165) is 70.4 Å². The number of aliphatic hydroxyl groups excluding tert-OH is 1. The van der Waals surface area contributed by atoms with Crippen LogP contribution in [0.2, 0.25) is 0 Å². The van der Waals surface area contributed by atoms with Crippen LogP contribution in [0.5, 0.6) is 0 Å². The van der Waals surface area contributed by atoms with Crippen LogP contribution in [0.1, 0.15) is 74.5 Å². The first-order chi connectivity index (χ1) is 21.9. The number of aromatic nitrogens is 2. The molecule has 3 N–H and O–H groups in total. The lowest BCUT2D eigenvalue weighted by atomic mass is 9.53. The molecule has 0 spiro atoms. The predicted octanol–water partition coefficient (Wildman–Crippen LogP) is 7.11. The van der Waals surface area contributed by atoms with Crippen molar-refractivity contribution in [2.24, 2.45) is 23.7 Å². The molecule has 5 fully saturated rings. The van der Waals surface area contributed by atoms with E-state index < -0.39 is 6.29 Å². The minimum atomic E-state index is -0.628. The van der Waals surface area contributed by atoms with Crippen LogP contribution >= 0.6 is 0 Å². The summed E-state index contributed by atoms with van der Waals surface area (Å²) in [6.45, 7) is 2.79. The molecule has 4 aliphatic carbocycles. The van der Waals surface area contributed by atoms with Crippen LogP contribution in [0.4, 0.5) is 10.5 Å². The van der Waals surface area contributed by atoms with Gasteiger partial charge in [-0.25, -0.2) is 9.78 Å². The monoisotopic (exact) mass is 606 g/mol. The Morgan fingerprint density at radius 2 is 1.67 bits per heavy atom. The highest BCUT2D eigenvalue weighted by molar-refractivity contribution is 5.90. The van der Waals surface area contributed by atoms with Gasteiger partial charge in [0.2, 0.25) is 0 Å². The summed E-state index contributed by atoms with van der Waals surface area (Å²) in [6.07, 6.45) is 8.22. The molecule has 8 heteroatoms. The molecule has 0 unspecified atom stereocenters. The maximum Gasteiger partial charge on any atom is 0.319 e. The molecule has 1 aromatic heterocycles. The van der Waals surface area contributed by atoms with Crippen molar-refractivity contribution in [3.63, 3.8) is 0 Å². The van der Waals surface area contributed by atoms with Crippen molar-refractivity contribution >= 4 is 22.8 Å². The number of carbonyl (C=O) groups excluding carboxylic acids is 1. The summed E-state index contributed by atoms with van der Waals surface area (Å²) >= 11 is 0. The number of carbonyl (C=O) groups is 1. The average Bonchev–Trinajstić information content (AvgIpc) is 3.44. The van der Waals surface area contributed by atoms with Crippen LogP contribution in [0.25, 0.3) is 11.0 Å². The lowest BCUT2D eigenvalue weighted by Gasteiger charge is -2.56. The fourth-order valence-electron chi connectivity index (χ4n) is 9.11. The SMILES string of the molecule is C[C@@H]1[C@H](Cn2cnc3ccccc32)O[C@H](c2cccc(NC(=O)NC34CC5CC(CC(C5)C3)C4)c2)O[C@@H]1c1ccc(CO)cc1. The molecule has 3 aromatic carbocycles. The molecule has 1 saturated heterocycles. The lowest BCUT2D eigenvalue weighted by molar-refractivity contribution is -0.276. The summed E-state index contributed by atoms with van der Waals surface area (Å²) in [5, 5.41) is 16.2. The Morgan fingerprint density at radius 3 is 2.40 bits per heavy atom. The number of nitrogens with one attached hydrogen (secondary N) is 2. The number of rotatable bonds is 7. The van der Waals surface area contributed by atoms with Gasteiger partial charge in [0, 0.05) is 22.7 Å². The van der Waals surface area contributed by atoms with E-state index >= 15 is 0 Å². The Kier molecular flexibility index (Phi) is 7.39. The van der Waals surface area contributed by atoms with E-state index in [1.807, 2.05) is 73.1 Å². The van der Waals surface area contributed by atoms with Crippen LogP contribution in [0.15, 0.2) is 79.1 Å². The smallest absolute Gasteiger partial charge is 0.319 e. The van der Waals surface area contributed by atoms with Gasteiger partial charge >= 0.3 is 6.03 Å². The third-order valence-corrected chi connectivity index (χ3v) is 10.9. The number of anilines is 1. The maximum atomic E-state index is 13.3. The first kappa shape index (κ1) is 28.7. The van der Waals surface area contributed by atoms with Gasteiger partial charge in [-0.1, -0.05) is 55.5 Å². The molecule has 8 nitrogen and oxygen atoms in total. The number of para-hydroxylation sites is 2. The normalized spacial score (nSPS) is 32.1. The van der Waals surface area contributed by atoms with E-state index in [-0.39, 0.29) is 36.3 Å². The van der Waals surface area contributed by atoms with E-state index in [1.54, 1.807) is 0 Å². The van der Waals surface area contributed by atoms with Gasteiger partial charge in [-0.15, -0.1) is 0 Å². The van der Waals surface area contributed by atoms with Gasteiger partial charge in [-0.2, -0.15) is 0 Å². The minimum Gasteiger partial charge on any atom is -0.392 e. The molecule has 45 heavy (non-hydrogen) atoms. The van der Waals surface area contributed by atoms with Crippen molar-refractivity contribution in [3.8, 4) is 0 Å². The third kappa shape index (κ3) is 5.64. The third-order valence-electron chi connectivity index (χ3n) is 10.9. The summed E-state index contributed by atoms with van der Waals surface area (Å²) in [5.41, 5.74) is 5.45. The standard InChI is InChI=1S/C37H42N4O4/c1-23-33(20-41-22-38-31-7-2-3-8-32(31)41)44-35(45-34(23)28-11-9-24(21-42)10-12-28)29-5-4-6-30(16-29)39-36(43)40-37-17-25-13-26(18-37)15-27(14-25)19-37/h2-12,16,22-23,25-27,33-35,42H,13-15,17-21H2,1H3,(H2,39,40,43)/t23-,25?,26?,27?,33+,34+,35+,37?/m1/s1. The van der Waals surface area contributed by atoms with Crippen molar-refractivity contribution in [1.29, 1.82) is 0 Å². The van der Waals surface area contributed by atoms with Crippen molar-refractivity contribution in [2.45, 2.75) is 82.6 Å². The molecule has 9 rings (SSSR count). The number of urea groups is 1. The summed E-state index contributed by atoms with van der Waals surface area (Å²) < 4.78 is 15.6. The number of fused-ring (bicyclic) bond motifs is 1. The van der Waals surface area contributed by atoms with Crippen LogP contribution in [-0.4, -0.2) is 32.3 Å². The second-order valence-electron chi connectivity index (χ2n) is 14.1. The van der Waals surface area contributed by atoms with Crippen LogP contribution in [-0.2, 0) is 22.6 Å². The molecular weight excluding hydrogens is 564 g/mol. The highest BCUT2D eigenvalue weighted by Crippen LogP contribution is 2.55. The number of imidazole rings is 1. The maximum absolute atomic E-state index is 13.3. The van der Waals surface area contributed by atoms with E-state index in [1.165, 1.54) is 19.3 Å². The summed E-state index contributed by atoms with van der Waals surface area (Å²) in [4.78, 5) is 17.9. The van der Waals surface area contributed by atoms with Gasteiger partial charge in [0.1, 0.15) is 0 Å². The van der Waals surface area contributed by atoms with Crippen LogP contribution < -0.4 is 10.6 Å². The average molecular weight is 607 g/mol. The number of aliphatic hydroxyl groups is 1. The van der Waals surface area contributed by atoms with E-state index in [2.05, 4.69) is 33.2 Å². The predicted molar refractivity (Wildman–Crippen MR) is 172 cm³/mol. The number of nitrogens with zero attached hydrogens (tertiary/aromatic N) is 2. The summed E-state index contributed by atoms with van der Waals surface area (Å²) in [6, 6.07) is 23.8. The second-order valence-corrected chi connectivity index (χ2v) is 14.1. The molecule has 2 amide bonds. The van der Waals surface area contributed by atoms with E-state index in [9.17, 15) is 9.90 Å². The molecule has 4 bridgehead atoms. The molecule has 0 radical (unpaired) electrons. The van der Waals surface area contributed by atoms with Gasteiger partial charge in [-0.3, -0.25) is 0 Å². The number of hydrogen-bond acceptors (Lipinski definition) is 5. The van der Waals surface area contributed by atoms with Gasteiger partial charge in [0.15, 0.2) is 6.29 Å². The number of amides is 2. The second kappa shape index (κ2) is 11.6. The zero-order chi connectivity index (χ0) is 30.5. The topological polar surface area (TPSA) is 97.6 Å². The zero-order valence-corrected chi connectivity index (χ0v) is 25.8. The largest absolute Gasteiger partial charge is 0.392 e. The van der Waals surface area contributed by atoms with E-state index in [4.69, 9.17) is 9.47 Å². The summed E-state index contributed by atoms with van der Waals surface area (Å²) in [7, 11) is 0. The van der Waals surface area contributed by atoms with Gasteiger partial charge < -0.3 is 29.8 Å². The Bertz CT molecular complexity index is 1650. The zero-order valence-electron chi connectivity index (χ0n) is 25.8. The molecule has 1 aliphatic heterocycles. The van der Waals surface area contributed by atoms with Crippen molar-refractivity contribution in [1.82, 2.24) is 14.9 Å². The molecular formula is C37H42N4O4. The lowest BCUT2D eigenvalue weighted by Crippen LogP contribution is -2.60. The molecule has 2 heterocycles. The van der Waals surface area contributed by atoms with Crippen molar-refractivity contribution < 1.29 is 19.4 Å². The van der Waals surface area contributed by atoms with Gasteiger partial charge in [0.05, 0.1) is 42.7 Å². The molecule has 5 aliphatic rings. The number of benzene rings is 3. The van der Waals surface area contributed by atoms with Crippen molar-refractivity contribution in [2.75, 3.05) is 5.32 Å². The number of hydrogen-bond donors (Lipinski definition) is 3. The fourth-order valence-corrected chi connectivity index (χ4v) is 9.11. The Labute approximate surface area is 264 Å². The van der Waals surface area contributed by atoms with Crippen LogP contribution in [0, 0.1) is 23.7 Å². The quantitative estimate of drug-likeness (QED) is 0.208. The van der Waals surface area contributed by atoms with Crippen LogP contribution in [0.3, 0.4) is 0 Å².